The minimum absolute atomic E-state index is 0.308. The Morgan fingerprint density at radius 3 is 2.48 bits per heavy atom. The fraction of sp³-hybridized carbons (Fsp3) is 0.235. The first kappa shape index (κ1) is 17.0. The molecule has 2 aromatic rings. The molecule has 5 nitrogen and oxygen atoms in total. The molecule has 0 unspecified atom stereocenters. The number of carbonyl (C=O) groups is 1. The van der Waals surface area contributed by atoms with Crippen LogP contribution in [0.2, 0.25) is 0 Å². The number of carbonyl (C=O) groups excluding carboxylic acids is 1. The second-order valence-corrected chi connectivity index (χ2v) is 7.27. The lowest BCUT2D eigenvalue weighted by atomic mass is 10.1. The molecule has 1 amide bonds. The molecule has 0 spiro atoms. The van der Waals surface area contributed by atoms with Crippen molar-refractivity contribution in [2.45, 2.75) is 13.3 Å². The molecule has 122 valence electrons. The molecule has 0 aromatic heterocycles. The van der Waals surface area contributed by atoms with E-state index in [1.807, 2.05) is 25.1 Å². The van der Waals surface area contributed by atoms with E-state index in [0.717, 1.165) is 22.5 Å². The quantitative estimate of drug-likeness (QED) is 0.915. The topological polar surface area (TPSA) is 66.5 Å². The molecular formula is C17H20N2O3S. The van der Waals surface area contributed by atoms with Gasteiger partial charge in [0.05, 0.1) is 17.5 Å². The van der Waals surface area contributed by atoms with Crippen molar-refractivity contribution < 1.29 is 13.2 Å². The number of nitrogens with one attached hydrogen (secondary N) is 1. The number of hydrogen-bond donors (Lipinski definition) is 1. The summed E-state index contributed by atoms with van der Waals surface area (Å²) in [5.41, 5.74) is 2.46. The van der Waals surface area contributed by atoms with Crippen LogP contribution in [0.5, 0.6) is 0 Å². The van der Waals surface area contributed by atoms with E-state index < -0.39 is 10.0 Å². The lowest BCUT2D eigenvalue weighted by Gasteiger charge is -2.19. The summed E-state index contributed by atoms with van der Waals surface area (Å²) < 4.78 is 24.6. The second-order valence-electron chi connectivity index (χ2n) is 5.26. The van der Waals surface area contributed by atoms with E-state index in [1.54, 1.807) is 30.3 Å². The van der Waals surface area contributed by atoms with E-state index in [9.17, 15) is 13.2 Å². The Labute approximate surface area is 137 Å². The number of benzene rings is 2. The molecule has 0 aliphatic heterocycles. The smallest absolute Gasteiger partial charge is 0.257 e. The fourth-order valence-electron chi connectivity index (χ4n) is 2.19. The highest BCUT2D eigenvalue weighted by Gasteiger charge is 2.19. The van der Waals surface area contributed by atoms with E-state index in [-0.39, 0.29) is 5.91 Å². The normalized spacial score (nSPS) is 11.1. The van der Waals surface area contributed by atoms with Crippen molar-refractivity contribution in [3.8, 4) is 0 Å². The molecule has 0 atom stereocenters. The third-order valence-electron chi connectivity index (χ3n) is 3.58. The van der Waals surface area contributed by atoms with Gasteiger partial charge in [0.1, 0.15) is 0 Å². The maximum atomic E-state index is 12.5. The lowest BCUT2D eigenvalue weighted by molar-refractivity contribution is 0.102. The summed E-state index contributed by atoms with van der Waals surface area (Å²) in [7, 11) is -2.01. The van der Waals surface area contributed by atoms with Gasteiger partial charge in [0.25, 0.3) is 5.91 Å². The predicted molar refractivity (Wildman–Crippen MR) is 93.5 cm³/mol. The molecule has 0 aliphatic rings. The Balaban J connectivity index is 2.33. The largest absolute Gasteiger partial charge is 0.322 e. The van der Waals surface area contributed by atoms with Crippen LogP contribution in [0.15, 0.2) is 48.5 Å². The maximum absolute atomic E-state index is 12.5. The van der Waals surface area contributed by atoms with Crippen molar-refractivity contribution in [1.29, 1.82) is 0 Å². The van der Waals surface area contributed by atoms with Gasteiger partial charge < -0.3 is 5.32 Å². The van der Waals surface area contributed by atoms with Crippen molar-refractivity contribution in [1.82, 2.24) is 0 Å². The molecule has 0 bridgehead atoms. The molecule has 2 aromatic carbocycles. The third-order valence-corrected chi connectivity index (χ3v) is 4.77. The number of para-hydroxylation sites is 1. The minimum atomic E-state index is -3.44. The van der Waals surface area contributed by atoms with Crippen LogP contribution >= 0.6 is 0 Å². The van der Waals surface area contributed by atoms with Gasteiger partial charge in [0.15, 0.2) is 0 Å². The Morgan fingerprint density at radius 1 is 1.13 bits per heavy atom. The monoisotopic (exact) mass is 332 g/mol. The van der Waals surface area contributed by atoms with Crippen molar-refractivity contribution in [3.63, 3.8) is 0 Å². The summed E-state index contributed by atoms with van der Waals surface area (Å²) in [5.74, 6) is -0.343. The maximum Gasteiger partial charge on any atom is 0.257 e. The van der Waals surface area contributed by atoms with E-state index in [2.05, 4.69) is 5.32 Å². The lowest BCUT2D eigenvalue weighted by Crippen LogP contribution is -2.27. The number of rotatable bonds is 5. The molecule has 0 saturated carbocycles. The van der Waals surface area contributed by atoms with Crippen LogP contribution in [0.3, 0.4) is 0 Å². The number of aryl methyl sites for hydroxylation is 1. The molecule has 0 radical (unpaired) electrons. The highest BCUT2D eigenvalue weighted by atomic mass is 32.2. The molecule has 0 aliphatic carbocycles. The number of anilines is 2. The Kier molecular flexibility index (Phi) is 5.05. The second kappa shape index (κ2) is 6.83. The first-order valence-electron chi connectivity index (χ1n) is 7.26. The highest BCUT2D eigenvalue weighted by molar-refractivity contribution is 7.92. The van der Waals surface area contributed by atoms with Crippen LogP contribution in [0, 0.1) is 0 Å². The summed E-state index contributed by atoms with van der Waals surface area (Å²) in [6.07, 6.45) is 1.98. The molecule has 0 heterocycles. The van der Waals surface area contributed by atoms with Gasteiger partial charge in [-0.05, 0) is 36.2 Å². The molecule has 6 heteroatoms. The van der Waals surface area contributed by atoms with Crippen molar-refractivity contribution >= 4 is 27.3 Å². The van der Waals surface area contributed by atoms with Gasteiger partial charge in [0, 0.05) is 12.7 Å². The molecular weight excluding hydrogens is 312 g/mol. The average Bonchev–Trinajstić information content (AvgIpc) is 2.53. The van der Waals surface area contributed by atoms with E-state index in [1.165, 1.54) is 7.05 Å². The summed E-state index contributed by atoms with van der Waals surface area (Å²) in [6.45, 7) is 2.04. The van der Waals surface area contributed by atoms with Gasteiger partial charge in [-0.15, -0.1) is 0 Å². The van der Waals surface area contributed by atoms with Crippen LogP contribution in [0.1, 0.15) is 22.8 Å². The Bertz CT molecular complexity index is 816. The van der Waals surface area contributed by atoms with Gasteiger partial charge >= 0.3 is 0 Å². The number of nitrogens with zero attached hydrogens (tertiary/aromatic N) is 1. The molecule has 1 N–H and O–H groups in total. The van der Waals surface area contributed by atoms with Crippen LogP contribution in [0.4, 0.5) is 11.4 Å². The van der Waals surface area contributed by atoms with Crippen molar-refractivity contribution in [2.24, 2.45) is 0 Å². The Hall–Kier alpha value is -2.34. The Morgan fingerprint density at radius 2 is 1.83 bits per heavy atom. The van der Waals surface area contributed by atoms with Crippen LogP contribution in [-0.4, -0.2) is 27.6 Å². The van der Waals surface area contributed by atoms with Crippen molar-refractivity contribution in [2.75, 3.05) is 22.9 Å². The summed E-state index contributed by atoms with van der Waals surface area (Å²) in [5, 5.41) is 2.82. The van der Waals surface area contributed by atoms with E-state index in [4.69, 9.17) is 0 Å². The highest BCUT2D eigenvalue weighted by Crippen LogP contribution is 2.23. The summed E-state index contributed by atoms with van der Waals surface area (Å²) >= 11 is 0. The van der Waals surface area contributed by atoms with Crippen LogP contribution in [-0.2, 0) is 16.4 Å². The molecule has 0 saturated heterocycles. The number of amides is 1. The fourth-order valence-corrected chi connectivity index (χ4v) is 2.70. The van der Waals surface area contributed by atoms with Gasteiger partial charge in [0.2, 0.25) is 10.0 Å². The standard InChI is InChI=1S/C17H20N2O3S/c1-4-13-8-7-9-14(12-13)18-17(20)15-10-5-6-11-16(15)19(2)23(3,21)22/h5-12H,4H2,1-3H3,(H,18,20). The van der Waals surface area contributed by atoms with Gasteiger partial charge in [-0.2, -0.15) is 0 Å². The number of sulfonamides is 1. The zero-order valence-corrected chi connectivity index (χ0v) is 14.2. The third kappa shape index (κ3) is 4.10. The minimum Gasteiger partial charge on any atom is -0.322 e. The molecule has 0 fully saturated rings. The van der Waals surface area contributed by atoms with Crippen LogP contribution < -0.4 is 9.62 Å². The molecule has 2 rings (SSSR count). The van der Waals surface area contributed by atoms with E-state index in [0.29, 0.717) is 16.9 Å². The number of hydrogen-bond acceptors (Lipinski definition) is 3. The zero-order valence-electron chi connectivity index (χ0n) is 13.4. The predicted octanol–water partition coefficient (Wildman–Crippen LogP) is 2.90. The first-order chi connectivity index (χ1) is 10.8. The van der Waals surface area contributed by atoms with Crippen molar-refractivity contribution in [3.05, 3.63) is 59.7 Å². The SMILES string of the molecule is CCc1cccc(NC(=O)c2ccccc2N(C)S(C)(=O)=O)c1. The van der Waals surface area contributed by atoms with Crippen LogP contribution in [0.25, 0.3) is 0 Å². The summed E-state index contributed by atoms with van der Waals surface area (Å²) in [6, 6.07) is 14.2. The zero-order chi connectivity index (χ0) is 17.0. The average molecular weight is 332 g/mol. The van der Waals surface area contributed by atoms with Gasteiger partial charge in [-0.1, -0.05) is 31.2 Å². The summed E-state index contributed by atoms with van der Waals surface area (Å²) in [4.78, 5) is 12.5. The molecule has 23 heavy (non-hydrogen) atoms. The first-order valence-corrected chi connectivity index (χ1v) is 9.11. The van der Waals surface area contributed by atoms with E-state index >= 15 is 0 Å². The van der Waals surface area contributed by atoms with Gasteiger partial charge in [-0.3, -0.25) is 9.10 Å². The van der Waals surface area contributed by atoms with Gasteiger partial charge in [-0.25, -0.2) is 8.42 Å².